The van der Waals surface area contributed by atoms with Gasteiger partial charge in [0.1, 0.15) is 0 Å². The van der Waals surface area contributed by atoms with Crippen LogP contribution in [-0.2, 0) is 6.42 Å². The summed E-state index contributed by atoms with van der Waals surface area (Å²) in [5, 5.41) is 1.21. The van der Waals surface area contributed by atoms with Crippen LogP contribution in [0.5, 0.6) is 0 Å². The van der Waals surface area contributed by atoms with E-state index in [0.29, 0.717) is 5.92 Å². The summed E-state index contributed by atoms with van der Waals surface area (Å²) in [7, 11) is 0. The molecule has 0 N–H and O–H groups in total. The second-order valence-electron chi connectivity index (χ2n) is 6.98. The lowest BCUT2D eigenvalue weighted by Gasteiger charge is -2.08. The van der Waals surface area contributed by atoms with E-state index < -0.39 is 0 Å². The quantitative estimate of drug-likeness (QED) is 0.324. The molecule has 0 aliphatic heterocycles. The number of hydrogen-bond donors (Lipinski definition) is 0. The lowest BCUT2D eigenvalue weighted by molar-refractivity contribution is 0.867. The highest BCUT2D eigenvalue weighted by atomic mass is 32.1. The molecule has 0 unspecified atom stereocenters. The first kappa shape index (κ1) is 23.6. The molecule has 156 valence electrons. The van der Waals surface area contributed by atoms with Gasteiger partial charge in [-0.2, -0.15) is 0 Å². The van der Waals surface area contributed by atoms with E-state index in [-0.39, 0.29) is 0 Å². The Hall–Kier alpha value is -2.71. The summed E-state index contributed by atoms with van der Waals surface area (Å²) in [4.78, 5) is 5.59. The van der Waals surface area contributed by atoms with Gasteiger partial charge in [-0.3, -0.25) is 0 Å². The molecule has 4 rings (SSSR count). The average molecular weight is 416 g/mol. The Morgan fingerprint density at radius 1 is 0.733 bits per heavy atom. The van der Waals surface area contributed by atoms with Crippen LogP contribution < -0.4 is 0 Å². The Morgan fingerprint density at radius 3 is 1.83 bits per heavy atom. The van der Waals surface area contributed by atoms with Crippen molar-refractivity contribution in [2.75, 3.05) is 0 Å². The fraction of sp³-hybridized carbons (Fsp3) is 0.250. The van der Waals surface area contributed by atoms with Crippen molar-refractivity contribution in [3.63, 3.8) is 0 Å². The number of rotatable bonds is 4. The summed E-state index contributed by atoms with van der Waals surface area (Å²) in [6, 6.07) is 29.7. The van der Waals surface area contributed by atoms with Crippen molar-refractivity contribution in [1.29, 1.82) is 0 Å². The first-order chi connectivity index (χ1) is 14.7. The second-order valence-corrected chi connectivity index (χ2v) is 8.10. The number of aryl methyl sites for hydroxylation is 1. The zero-order valence-corrected chi connectivity index (χ0v) is 19.6. The first-order valence-corrected chi connectivity index (χ1v) is 11.6. The molecule has 2 heteroatoms. The minimum absolute atomic E-state index is 0.591. The van der Waals surface area contributed by atoms with Crippen LogP contribution >= 0.6 is 11.3 Å². The number of nitrogens with zero attached hydrogens (tertiary/aromatic N) is 1. The van der Waals surface area contributed by atoms with Crippen molar-refractivity contribution in [1.82, 2.24) is 4.98 Å². The van der Waals surface area contributed by atoms with Gasteiger partial charge < -0.3 is 0 Å². The molecule has 1 aromatic heterocycles. The van der Waals surface area contributed by atoms with E-state index in [9.17, 15) is 0 Å². The van der Waals surface area contributed by atoms with Crippen molar-refractivity contribution in [2.24, 2.45) is 0 Å². The number of thiazole rings is 1. The topological polar surface area (TPSA) is 12.9 Å². The molecule has 0 atom stereocenters. The molecule has 0 aliphatic carbocycles. The molecule has 0 radical (unpaired) electrons. The fourth-order valence-corrected chi connectivity index (χ4v) is 3.78. The molecule has 0 aliphatic rings. The van der Waals surface area contributed by atoms with Gasteiger partial charge in [-0.05, 0) is 34.6 Å². The third-order valence-corrected chi connectivity index (χ3v) is 5.77. The lowest BCUT2D eigenvalue weighted by Crippen LogP contribution is -1.87. The van der Waals surface area contributed by atoms with Crippen molar-refractivity contribution in [2.45, 2.75) is 47.0 Å². The van der Waals surface area contributed by atoms with Gasteiger partial charge in [-0.15, -0.1) is 11.3 Å². The van der Waals surface area contributed by atoms with Crippen LogP contribution in [0, 0.1) is 0 Å². The Kier molecular flexibility index (Phi) is 10.0. The minimum Gasteiger partial charge on any atom is -0.249 e. The molecule has 0 saturated heterocycles. The third-order valence-electron chi connectivity index (χ3n) is 4.57. The van der Waals surface area contributed by atoms with Gasteiger partial charge in [0, 0.05) is 6.20 Å². The summed E-state index contributed by atoms with van der Waals surface area (Å²) in [5.41, 5.74) is 5.26. The number of aromatic nitrogens is 1. The van der Waals surface area contributed by atoms with Crippen LogP contribution in [0.2, 0.25) is 0 Å². The van der Waals surface area contributed by atoms with Gasteiger partial charge in [0.25, 0.3) is 0 Å². The van der Waals surface area contributed by atoms with Gasteiger partial charge in [-0.1, -0.05) is 120 Å². The zero-order valence-electron chi connectivity index (χ0n) is 18.8. The molecule has 0 amide bonds. The molecule has 1 heterocycles. The summed E-state index contributed by atoms with van der Waals surface area (Å²) in [6.07, 6.45) is 2.98. The molecule has 3 aromatic carbocycles. The summed E-state index contributed by atoms with van der Waals surface area (Å²) in [6.45, 7) is 10.6. The average Bonchev–Trinajstić information content (AvgIpc) is 3.32. The normalized spacial score (nSPS) is 9.93. The van der Waals surface area contributed by atoms with E-state index in [1.54, 1.807) is 11.3 Å². The van der Waals surface area contributed by atoms with Gasteiger partial charge in [0.05, 0.1) is 9.88 Å². The van der Waals surface area contributed by atoms with Crippen LogP contribution in [0.3, 0.4) is 0 Å². The lowest BCUT2D eigenvalue weighted by atomic mass is 9.98. The number of hydrogen-bond acceptors (Lipinski definition) is 2. The standard InChI is InChI=1S/C15H16.C11H11NS.C2H6/c1-12(2)14-9-6-10-15(11-14)13-7-4-3-5-8-13;1-2-11-12-8-10(13-11)9-6-4-3-5-7-9;1-2/h3-12H,1-2H3;3-8H,2H2,1H3;1-2H3. The van der Waals surface area contributed by atoms with Gasteiger partial charge >= 0.3 is 0 Å². The van der Waals surface area contributed by atoms with E-state index in [2.05, 4.69) is 105 Å². The smallest absolute Gasteiger partial charge is 0.0928 e. The molecule has 0 fully saturated rings. The molecule has 0 bridgehead atoms. The molecular formula is C28H33NS. The van der Waals surface area contributed by atoms with E-state index in [1.165, 1.54) is 32.1 Å². The summed E-state index contributed by atoms with van der Waals surface area (Å²) >= 11 is 1.77. The molecule has 0 spiro atoms. The molecule has 1 nitrogen and oxygen atoms in total. The van der Waals surface area contributed by atoms with E-state index in [1.807, 2.05) is 26.1 Å². The largest absolute Gasteiger partial charge is 0.249 e. The van der Waals surface area contributed by atoms with Crippen molar-refractivity contribution in [3.8, 4) is 21.6 Å². The maximum atomic E-state index is 4.33. The predicted octanol–water partition coefficient (Wildman–Crippen LogP) is 8.88. The molecule has 4 aromatic rings. The maximum Gasteiger partial charge on any atom is 0.0928 e. The van der Waals surface area contributed by atoms with Crippen molar-refractivity contribution < 1.29 is 0 Å². The second kappa shape index (κ2) is 12.8. The van der Waals surface area contributed by atoms with Crippen LogP contribution in [-0.4, -0.2) is 4.98 Å². The molecule has 30 heavy (non-hydrogen) atoms. The summed E-state index contributed by atoms with van der Waals surface area (Å²) in [5.74, 6) is 0.591. The Labute approximate surface area is 186 Å². The SMILES string of the molecule is CC.CC(C)c1cccc(-c2ccccc2)c1.CCc1ncc(-c2ccccc2)s1. The highest BCUT2D eigenvalue weighted by molar-refractivity contribution is 7.15. The molecular weight excluding hydrogens is 382 g/mol. The van der Waals surface area contributed by atoms with Crippen molar-refractivity contribution >= 4 is 11.3 Å². The highest BCUT2D eigenvalue weighted by Crippen LogP contribution is 2.26. The number of benzene rings is 3. The molecule has 0 saturated carbocycles. The van der Waals surface area contributed by atoms with Crippen LogP contribution in [0.1, 0.15) is 51.1 Å². The van der Waals surface area contributed by atoms with E-state index in [0.717, 1.165) is 6.42 Å². The van der Waals surface area contributed by atoms with Gasteiger partial charge in [0.15, 0.2) is 0 Å². The summed E-state index contributed by atoms with van der Waals surface area (Å²) < 4.78 is 0. The van der Waals surface area contributed by atoms with Crippen LogP contribution in [0.4, 0.5) is 0 Å². The Balaban J connectivity index is 0.000000199. The minimum atomic E-state index is 0.591. The van der Waals surface area contributed by atoms with Crippen molar-refractivity contribution in [3.05, 3.63) is 102 Å². The van der Waals surface area contributed by atoms with Crippen LogP contribution in [0.25, 0.3) is 21.6 Å². The predicted molar refractivity (Wildman–Crippen MR) is 134 cm³/mol. The monoisotopic (exact) mass is 415 g/mol. The maximum absolute atomic E-state index is 4.33. The third kappa shape index (κ3) is 6.96. The highest BCUT2D eigenvalue weighted by Gasteiger charge is 2.02. The Morgan fingerprint density at radius 2 is 1.30 bits per heavy atom. The van der Waals surface area contributed by atoms with Gasteiger partial charge in [0.2, 0.25) is 0 Å². The fourth-order valence-electron chi connectivity index (χ4n) is 2.92. The Bertz CT molecular complexity index is 972. The van der Waals surface area contributed by atoms with E-state index in [4.69, 9.17) is 0 Å². The first-order valence-electron chi connectivity index (χ1n) is 10.8. The van der Waals surface area contributed by atoms with E-state index >= 15 is 0 Å². The van der Waals surface area contributed by atoms with Crippen LogP contribution in [0.15, 0.2) is 91.1 Å². The zero-order chi connectivity index (χ0) is 21.8. The van der Waals surface area contributed by atoms with Gasteiger partial charge in [-0.25, -0.2) is 4.98 Å².